The van der Waals surface area contributed by atoms with E-state index in [-0.39, 0.29) is 11.7 Å². The molecule has 0 spiro atoms. The van der Waals surface area contributed by atoms with Gasteiger partial charge >= 0.3 is 10.2 Å². The van der Waals surface area contributed by atoms with Crippen LogP contribution in [-0.2, 0) is 15.0 Å². The number of nitrogens with one attached hydrogen (secondary N) is 1. The molecule has 2 aromatic carbocycles. The van der Waals surface area contributed by atoms with Crippen LogP contribution < -0.4 is 9.62 Å². The van der Waals surface area contributed by atoms with Gasteiger partial charge in [0.25, 0.3) is 0 Å². The first-order valence-corrected chi connectivity index (χ1v) is 10.8. The predicted molar refractivity (Wildman–Crippen MR) is 113 cm³/mol. The van der Waals surface area contributed by atoms with E-state index in [9.17, 15) is 17.6 Å². The molecular formula is C21H28FN3O3S. The van der Waals surface area contributed by atoms with Gasteiger partial charge in [0.05, 0.1) is 11.7 Å². The molecular weight excluding hydrogens is 393 g/mol. The molecule has 0 saturated carbocycles. The van der Waals surface area contributed by atoms with Gasteiger partial charge in [0, 0.05) is 14.1 Å². The first-order valence-electron chi connectivity index (χ1n) is 9.42. The molecule has 0 heterocycles. The number of anilines is 1. The van der Waals surface area contributed by atoms with Crippen LogP contribution in [0.1, 0.15) is 31.9 Å². The van der Waals surface area contributed by atoms with Gasteiger partial charge in [-0.05, 0) is 30.0 Å². The molecule has 1 atom stereocenters. The standard InChI is InChI=1S/C21H28FN3O3S/c1-16(2)14-19(17-10-6-5-7-11-17)23-21(26)15-25(29(27,28)24(3)4)20-13-9-8-12-18(20)22/h5-13,16,19H,14-15H2,1-4H3,(H,23,26). The van der Waals surface area contributed by atoms with Crippen molar-refractivity contribution in [1.82, 2.24) is 9.62 Å². The first kappa shape index (κ1) is 22.8. The molecule has 0 fully saturated rings. The minimum atomic E-state index is -4.07. The van der Waals surface area contributed by atoms with Crippen LogP contribution in [0.2, 0.25) is 0 Å². The monoisotopic (exact) mass is 421 g/mol. The van der Waals surface area contributed by atoms with Crippen molar-refractivity contribution in [2.45, 2.75) is 26.3 Å². The summed E-state index contributed by atoms with van der Waals surface area (Å²) in [5.74, 6) is -0.908. The molecule has 0 bridgehead atoms. The van der Waals surface area contributed by atoms with Crippen LogP contribution in [-0.4, -0.2) is 39.3 Å². The van der Waals surface area contributed by atoms with Crippen LogP contribution in [0.15, 0.2) is 54.6 Å². The number of amides is 1. The Bertz CT molecular complexity index is 918. The van der Waals surface area contributed by atoms with Gasteiger partial charge in [0.2, 0.25) is 5.91 Å². The molecule has 158 valence electrons. The molecule has 29 heavy (non-hydrogen) atoms. The van der Waals surface area contributed by atoms with Crippen LogP contribution >= 0.6 is 0 Å². The molecule has 0 radical (unpaired) electrons. The molecule has 8 heteroatoms. The fourth-order valence-electron chi connectivity index (χ4n) is 2.95. The summed E-state index contributed by atoms with van der Waals surface area (Å²) in [5.41, 5.74) is 0.763. The van der Waals surface area contributed by atoms with Crippen molar-refractivity contribution in [3.63, 3.8) is 0 Å². The van der Waals surface area contributed by atoms with E-state index in [0.717, 1.165) is 20.2 Å². The second-order valence-corrected chi connectivity index (χ2v) is 9.48. The molecule has 0 saturated heterocycles. The molecule has 1 N–H and O–H groups in total. The van der Waals surface area contributed by atoms with E-state index in [2.05, 4.69) is 5.32 Å². The molecule has 0 aliphatic rings. The van der Waals surface area contributed by atoms with E-state index < -0.39 is 28.5 Å². The maximum atomic E-state index is 14.3. The highest BCUT2D eigenvalue weighted by Gasteiger charge is 2.30. The zero-order valence-electron chi connectivity index (χ0n) is 17.2. The zero-order chi connectivity index (χ0) is 21.6. The maximum Gasteiger partial charge on any atom is 0.304 e. The normalized spacial score (nSPS) is 12.8. The Morgan fingerprint density at radius 1 is 1.03 bits per heavy atom. The predicted octanol–water partition coefficient (Wildman–Crippen LogP) is 3.34. The van der Waals surface area contributed by atoms with E-state index in [4.69, 9.17) is 0 Å². The van der Waals surface area contributed by atoms with Crippen molar-refractivity contribution in [1.29, 1.82) is 0 Å². The number of hydrogen-bond acceptors (Lipinski definition) is 3. The third kappa shape index (κ3) is 6.01. The Balaban J connectivity index is 2.30. The molecule has 1 amide bonds. The maximum absolute atomic E-state index is 14.3. The summed E-state index contributed by atoms with van der Waals surface area (Å²) in [6.07, 6.45) is 0.690. The van der Waals surface area contributed by atoms with Crippen LogP contribution in [0.4, 0.5) is 10.1 Å². The summed E-state index contributed by atoms with van der Waals surface area (Å²) in [6.45, 7) is 3.57. The summed E-state index contributed by atoms with van der Waals surface area (Å²) in [7, 11) is -1.39. The van der Waals surface area contributed by atoms with Crippen LogP contribution in [0.3, 0.4) is 0 Å². The number of benzene rings is 2. The van der Waals surface area contributed by atoms with E-state index in [1.165, 1.54) is 32.3 Å². The molecule has 0 aliphatic heterocycles. The highest BCUT2D eigenvalue weighted by Crippen LogP contribution is 2.24. The van der Waals surface area contributed by atoms with Gasteiger partial charge in [0.1, 0.15) is 12.4 Å². The smallest absolute Gasteiger partial charge is 0.304 e. The number of nitrogens with zero attached hydrogens (tertiary/aromatic N) is 2. The summed E-state index contributed by atoms with van der Waals surface area (Å²) in [4.78, 5) is 12.8. The minimum Gasteiger partial charge on any atom is -0.348 e. The Hall–Kier alpha value is -2.45. The van der Waals surface area contributed by atoms with Crippen LogP contribution in [0.5, 0.6) is 0 Å². The van der Waals surface area contributed by atoms with Crippen LogP contribution in [0.25, 0.3) is 0 Å². The van der Waals surface area contributed by atoms with Crippen molar-refractivity contribution in [3.8, 4) is 0 Å². The first-order chi connectivity index (χ1) is 13.6. The fraction of sp³-hybridized carbons (Fsp3) is 0.381. The van der Waals surface area contributed by atoms with Crippen molar-refractivity contribution < 1.29 is 17.6 Å². The number of hydrogen-bond donors (Lipinski definition) is 1. The SMILES string of the molecule is CC(C)CC(NC(=O)CN(c1ccccc1F)S(=O)(=O)N(C)C)c1ccccc1. The second kappa shape index (κ2) is 9.84. The zero-order valence-corrected chi connectivity index (χ0v) is 18.0. The van der Waals surface area contributed by atoms with Gasteiger partial charge in [-0.3, -0.25) is 4.79 Å². The van der Waals surface area contributed by atoms with Crippen molar-refractivity contribution in [2.24, 2.45) is 5.92 Å². The van der Waals surface area contributed by atoms with E-state index in [1.54, 1.807) is 0 Å². The average Bonchev–Trinajstić information content (AvgIpc) is 2.66. The molecule has 0 aliphatic carbocycles. The Morgan fingerprint density at radius 2 is 1.62 bits per heavy atom. The van der Waals surface area contributed by atoms with Gasteiger partial charge in [-0.2, -0.15) is 12.7 Å². The molecule has 1 unspecified atom stereocenters. The molecule has 2 aromatic rings. The Kier molecular flexibility index (Phi) is 7.75. The number of para-hydroxylation sites is 1. The van der Waals surface area contributed by atoms with Gasteiger partial charge < -0.3 is 5.32 Å². The highest BCUT2D eigenvalue weighted by molar-refractivity contribution is 7.90. The number of carbonyl (C=O) groups excluding carboxylic acids is 1. The topological polar surface area (TPSA) is 69.7 Å². The van der Waals surface area contributed by atoms with Crippen molar-refractivity contribution in [2.75, 3.05) is 24.9 Å². The van der Waals surface area contributed by atoms with E-state index in [1.807, 2.05) is 44.2 Å². The third-order valence-electron chi connectivity index (χ3n) is 4.39. The average molecular weight is 422 g/mol. The lowest BCUT2D eigenvalue weighted by Crippen LogP contribution is -2.46. The minimum absolute atomic E-state index is 0.170. The van der Waals surface area contributed by atoms with Gasteiger partial charge in [0.15, 0.2) is 0 Å². The fourth-order valence-corrected chi connectivity index (χ4v) is 4.02. The number of carbonyl (C=O) groups is 1. The second-order valence-electron chi connectivity index (χ2n) is 7.41. The lowest BCUT2D eigenvalue weighted by Gasteiger charge is -2.28. The van der Waals surface area contributed by atoms with Gasteiger partial charge in [-0.1, -0.05) is 56.3 Å². The quantitative estimate of drug-likeness (QED) is 0.675. The van der Waals surface area contributed by atoms with Gasteiger partial charge in [-0.25, -0.2) is 8.70 Å². The number of halogens is 1. The van der Waals surface area contributed by atoms with Crippen molar-refractivity contribution >= 4 is 21.8 Å². The summed E-state index contributed by atoms with van der Waals surface area (Å²) in [5, 5.41) is 2.91. The van der Waals surface area contributed by atoms with E-state index in [0.29, 0.717) is 12.3 Å². The summed E-state index contributed by atoms with van der Waals surface area (Å²) < 4.78 is 41.6. The summed E-state index contributed by atoms with van der Waals surface area (Å²) >= 11 is 0. The highest BCUT2D eigenvalue weighted by atomic mass is 32.2. The van der Waals surface area contributed by atoms with E-state index >= 15 is 0 Å². The summed E-state index contributed by atoms with van der Waals surface area (Å²) in [6, 6.07) is 14.7. The van der Waals surface area contributed by atoms with Crippen molar-refractivity contribution in [3.05, 3.63) is 66.0 Å². The molecule has 2 rings (SSSR count). The number of rotatable bonds is 9. The largest absolute Gasteiger partial charge is 0.348 e. The lowest BCUT2D eigenvalue weighted by atomic mass is 9.97. The Labute approximate surface area is 172 Å². The molecule has 0 aromatic heterocycles. The third-order valence-corrected chi connectivity index (χ3v) is 6.20. The van der Waals surface area contributed by atoms with Gasteiger partial charge in [-0.15, -0.1) is 0 Å². The Morgan fingerprint density at radius 3 is 2.17 bits per heavy atom. The lowest BCUT2D eigenvalue weighted by molar-refractivity contribution is -0.120. The van der Waals surface area contributed by atoms with Crippen LogP contribution in [0, 0.1) is 11.7 Å². The molecule has 6 nitrogen and oxygen atoms in total.